The molecule has 0 saturated heterocycles. The quantitative estimate of drug-likeness (QED) is 0.163. The first-order valence-electron chi connectivity index (χ1n) is 13.5. The number of anilines is 3. The highest BCUT2D eigenvalue weighted by Gasteiger charge is 2.20. The number of nitrogens with zero attached hydrogens (tertiary/aromatic N) is 2. The molecule has 0 fully saturated rings. The van der Waals surface area contributed by atoms with E-state index in [-0.39, 0.29) is 12.4 Å². The van der Waals surface area contributed by atoms with Crippen LogP contribution in [-0.4, -0.2) is 24.2 Å². The summed E-state index contributed by atoms with van der Waals surface area (Å²) >= 11 is 0. The zero-order valence-corrected chi connectivity index (χ0v) is 23.3. The van der Waals surface area contributed by atoms with Crippen molar-refractivity contribution < 1.29 is 23.1 Å². The predicted molar refractivity (Wildman–Crippen MR) is 158 cm³/mol. The number of ether oxygens (including phenoxy) is 2. The fourth-order valence-electron chi connectivity index (χ4n) is 4.66. The highest BCUT2D eigenvalue weighted by Crippen LogP contribution is 2.38. The molecule has 208 valence electrons. The van der Waals surface area contributed by atoms with Gasteiger partial charge in [-0.05, 0) is 93.1 Å². The standard InChI is InChI=1S/C34H31FN2O4/c1-4-39-34(38)30-14-9-15-32(23(30)2)37(28-13-8-12-26(35)22-28)27-16-18-29(19-17-27)40-21-20-31-24(3)41-33(36-31)25-10-6-5-7-11-25/h5-19,22H,4,20-21H2,1-3H3. The smallest absolute Gasteiger partial charge is 0.338 e. The van der Waals surface area contributed by atoms with Crippen LogP contribution >= 0.6 is 0 Å². The number of benzene rings is 4. The molecule has 0 unspecified atom stereocenters. The van der Waals surface area contributed by atoms with Gasteiger partial charge in [-0.1, -0.05) is 30.3 Å². The van der Waals surface area contributed by atoms with Crippen molar-refractivity contribution in [1.82, 2.24) is 4.98 Å². The van der Waals surface area contributed by atoms with Crippen LogP contribution in [0.4, 0.5) is 21.5 Å². The zero-order chi connectivity index (χ0) is 28.8. The van der Waals surface area contributed by atoms with Gasteiger partial charge in [0.2, 0.25) is 5.89 Å². The second kappa shape index (κ2) is 12.5. The number of aromatic nitrogens is 1. The minimum absolute atomic E-state index is 0.280. The van der Waals surface area contributed by atoms with E-state index in [0.29, 0.717) is 35.9 Å². The molecule has 0 aliphatic rings. The van der Waals surface area contributed by atoms with Gasteiger partial charge in [0.1, 0.15) is 17.3 Å². The molecular weight excluding hydrogens is 519 g/mol. The average molecular weight is 551 g/mol. The fraction of sp³-hybridized carbons (Fsp3) is 0.176. The lowest BCUT2D eigenvalue weighted by Crippen LogP contribution is -2.14. The van der Waals surface area contributed by atoms with Crippen molar-refractivity contribution in [3.05, 3.63) is 125 Å². The Hall–Kier alpha value is -4.91. The van der Waals surface area contributed by atoms with Crippen molar-refractivity contribution in [2.24, 2.45) is 0 Å². The van der Waals surface area contributed by atoms with E-state index >= 15 is 0 Å². The van der Waals surface area contributed by atoms with Gasteiger partial charge >= 0.3 is 5.97 Å². The van der Waals surface area contributed by atoms with Crippen LogP contribution < -0.4 is 9.64 Å². The minimum Gasteiger partial charge on any atom is -0.493 e. The summed E-state index contributed by atoms with van der Waals surface area (Å²) in [5.74, 6) is 1.31. The van der Waals surface area contributed by atoms with Gasteiger partial charge in [-0.25, -0.2) is 14.2 Å². The maximum absolute atomic E-state index is 14.3. The summed E-state index contributed by atoms with van der Waals surface area (Å²) in [5, 5.41) is 0. The number of carbonyl (C=O) groups excluding carboxylic acids is 1. The topological polar surface area (TPSA) is 64.8 Å². The van der Waals surface area contributed by atoms with Gasteiger partial charge in [-0.3, -0.25) is 0 Å². The van der Waals surface area contributed by atoms with E-state index in [9.17, 15) is 9.18 Å². The second-order valence-corrected chi connectivity index (χ2v) is 9.47. The maximum atomic E-state index is 14.3. The first-order chi connectivity index (χ1) is 19.9. The molecule has 5 rings (SSSR count). The third kappa shape index (κ3) is 6.30. The largest absolute Gasteiger partial charge is 0.493 e. The molecule has 0 aliphatic heterocycles. The SMILES string of the molecule is CCOC(=O)c1cccc(N(c2ccc(OCCc3nc(-c4ccccc4)oc3C)cc2)c2cccc(F)c2)c1C. The lowest BCUT2D eigenvalue weighted by Gasteiger charge is -2.28. The molecule has 0 amide bonds. The number of hydrogen-bond acceptors (Lipinski definition) is 6. The summed E-state index contributed by atoms with van der Waals surface area (Å²) < 4.78 is 31.4. The molecule has 0 radical (unpaired) electrons. The number of halogens is 1. The highest BCUT2D eigenvalue weighted by molar-refractivity contribution is 5.94. The van der Waals surface area contributed by atoms with Crippen LogP contribution in [-0.2, 0) is 11.2 Å². The zero-order valence-electron chi connectivity index (χ0n) is 23.3. The number of oxazole rings is 1. The Morgan fingerprint density at radius 1 is 0.902 bits per heavy atom. The van der Waals surface area contributed by atoms with E-state index < -0.39 is 5.97 Å². The molecule has 1 heterocycles. The van der Waals surface area contributed by atoms with Crippen LogP contribution in [0, 0.1) is 19.7 Å². The van der Waals surface area contributed by atoms with E-state index in [1.54, 1.807) is 25.1 Å². The number of rotatable bonds is 10. The third-order valence-electron chi connectivity index (χ3n) is 6.72. The molecule has 5 aromatic rings. The second-order valence-electron chi connectivity index (χ2n) is 9.47. The molecule has 0 N–H and O–H groups in total. The van der Waals surface area contributed by atoms with Crippen LogP contribution in [0.25, 0.3) is 11.5 Å². The normalized spacial score (nSPS) is 10.8. The molecule has 6 nitrogen and oxygen atoms in total. The fourth-order valence-corrected chi connectivity index (χ4v) is 4.66. The molecule has 4 aromatic carbocycles. The van der Waals surface area contributed by atoms with Crippen LogP contribution in [0.3, 0.4) is 0 Å². The summed E-state index contributed by atoms with van der Waals surface area (Å²) in [5.41, 5.74) is 5.13. The molecule has 0 atom stereocenters. The van der Waals surface area contributed by atoms with Crippen LogP contribution in [0.1, 0.15) is 34.3 Å². The number of esters is 1. The third-order valence-corrected chi connectivity index (χ3v) is 6.72. The van der Waals surface area contributed by atoms with Gasteiger partial charge in [-0.15, -0.1) is 0 Å². The number of carbonyl (C=O) groups is 1. The molecule has 41 heavy (non-hydrogen) atoms. The first kappa shape index (κ1) is 27.6. The summed E-state index contributed by atoms with van der Waals surface area (Å²) in [6, 6.07) is 29.1. The van der Waals surface area contributed by atoms with Gasteiger partial charge in [0.15, 0.2) is 0 Å². The van der Waals surface area contributed by atoms with Crippen molar-refractivity contribution >= 4 is 23.0 Å². The van der Waals surface area contributed by atoms with E-state index in [4.69, 9.17) is 13.9 Å². The summed E-state index contributed by atoms with van der Waals surface area (Å²) in [6.45, 7) is 6.25. The van der Waals surface area contributed by atoms with Crippen molar-refractivity contribution in [3.63, 3.8) is 0 Å². The monoisotopic (exact) mass is 550 g/mol. The Bertz CT molecular complexity index is 1630. The first-order valence-corrected chi connectivity index (χ1v) is 13.5. The molecular formula is C34H31FN2O4. The number of aryl methyl sites for hydroxylation is 1. The minimum atomic E-state index is -0.395. The van der Waals surface area contributed by atoms with Crippen LogP contribution in [0.2, 0.25) is 0 Å². The van der Waals surface area contributed by atoms with Gasteiger partial charge in [0, 0.05) is 29.0 Å². The predicted octanol–water partition coefficient (Wildman–Crippen LogP) is 8.37. The van der Waals surface area contributed by atoms with E-state index in [0.717, 1.165) is 34.0 Å². The Labute approximate surface area is 239 Å². The van der Waals surface area contributed by atoms with E-state index in [1.807, 2.05) is 85.5 Å². The van der Waals surface area contributed by atoms with Crippen molar-refractivity contribution in [3.8, 4) is 17.2 Å². The molecule has 1 aromatic heterocycles. The summed E-state index contributed by atoms with van der Waals surface area (Å²) in [7, 11) is 0. The Balaban J connectivity index is 1.36. The van der Waals surface area contributed by atoms with Gasteiger partial charge in [0.05, 0.1) is 24.5 Å². The molecule has 0 spiro atoms. The molecule has 0 saturated carbocycles. The van der Waals surface area contributed by atoms with Gasteiger partial charge in [0.25, 0.3) is 0 Å². The Kier molecular flexibility index (Phi) is 8.44. The number of hydrogen-bond donors (Lipinski definition) is 0. The Morgan fingerprint density at radius 3 is 2.39 bits per heavy atom. The highest BCUT2D eigenvalue weighted by atomic mass is 19.1. The lowest BCUT2D eigenvalue weighted by molar-refractivity contribution is 0.0525. The van der Waals surface area contributed by atoms with Gasteiger partial charge in [-0.2, -0.15) is 0 Å². The van der Waals surface area contributed by atoms with Crippen molar-refractivity contribution in [1.29, 1.82) is 0 Å². The lowest BCUT2D eigenvalue weighted by atomic mass is 10.0. The van der Waals surface area contributed by atoms with Gasteiger partial charge < -0.3 is 18.8 Å². The summed E-state index contributed by atoms with van der Waals surface area (Å²) in [6.07, 6.45) is 0.596. The molecule has 0 bridgehead atoms. The Morgan fingerprint density at radius 2 is 1.66 bits per heavy atom. The molecule has 0 aliphatic carbocycles. The average Bonchev–Trinajstić information content (AvgIpc) is 3.35. The van der Waals surface area contributed by atoms with Crippen LogP contribution in [0.5, 0.6) is 5.75 Å². The van der Waals surface area contributed by atoms with E-state index in [2.05, 4.69) is 4.98 Å². The molecule has 7 heteroatoms. The van der Waals surface area contributed by atoms with Crippen LogP contribution in [0.15, 0.2) is 101 Å². The van der Waals surface area contributed by atoms with Crippen molar-refractivity contribution in [2.75, 3.05) is 18.1 Å². The summed E-state index contributed by atoms with van der Waals surface area (Å²) in [4.78, 5) is 19.1. The maximum Gasteiger partial charge on any atom is 0.338 e. The van der Waals surface area contributed by atoms with Crippen molar-refractivity contribution in [2.45, 2.75) is 27.2 Å². The van der Waals surface area contributed by atoms with E-state index in [1.165, 1.54) is 12.1 Å².